The molecule has 6 atom stereocenters. The van der Waals surface area contributed by atoms with Gasteiger partial charge in [0.05, 0.1) is 26.9 Å². The van der Waals surface area contributed by atoms with Gasteiger partial charge in [-0.05, 0) is 87.6 Å². The highest BCUT2D eigenvalue weighted by atomic mass is 32.1. The zero-order valence-corrected chi connectivity index (χ0v) is 22.3. The quantitative estimate of drug-likeness (QED) is 0.372. The number of carbonyl (C=O) groups excluding carboxylic acids is 1. The Morgan fingerprint density at radius 1 is 1.18 bits per heavy atom. The summed E-state index contributed by atoms with van der Waals surface area (Å²) in [5.74, 6) is -1.07. The molecular weight excluding hydrogens is 506 g/mol. The minimum absolute atomic E-state index is 0.0222. The molecule has 1 amide bonds. The first kappa shape index (κ1) is 25.8. The third kappa shape index (κ3) is 5.09. The maximum absolute atomic E-state index is 14.2. The maximum atomic E-state index is 14.2. The van der Waals surface area contributed by atoms with Crippen LogP contribution in [-0.2, 0) is 11.2 Å². The van der Waals surface area contributed by atoms with Gasteiger partial charge in [0.15, 0.2) is 0 Å². The molecule has 202 valence electrons. The second-order valence-corrected chi connectivity index (χ2v) is 12.6. The second kappa shape index (κ2) is 10.3. The lowest BCUT2D eigenvalue weighted by molar-refractivity contribution is -0.128. The monoisotopic (exact) mass is 540 g/mol. The van der Waals surface area contributed by atoms with Crippen LogP contribution in [0, 0.1) is 30.4 Å². The number of hydrogen-bond acceptors (Lipinski definition) is 6. The van der Waals surface area contributed by atoms with Crippen LogP contribution >= 0.6 is 11.3 Å². The molecule has 2 aliphatic carbocycles. The number of rotatable bonds is 5. The molecule has 3 aliphatic rings. The highest BCUT2D eigenvalue weighted by Crippen LogP contribution is 2.42. The van der Waals surface area contributed by atoms with Gasteiger partial charge in [0.1, 0.15) is 11.6 Å². The van der Waals surface area contributed by atoms with Crippen LogP contribution in [0.4, 0.5) is 8.78 Å². The fourth-order valence-electron chi connectivity index (χ4n) is 6.85. The molecule has 2 aromatic carbocycles. The van der Waals surface area contributed by atoms with E-state index in [0.717, 1.165) is 36.2 Å². The predicted molar refractivity (Wildman–Crippen MR) is 143 cm³/mol. The van der Waals surface area contributed by atoms with Gasteiger partial charge in [-0.3, -0.25) is 10.2 Å². The van der Waals surface area contributed by atoms with E-state index in [0.29, 0.717) is 31.2 Å². The van der Waals surface area contributed by atoms with Crippen molar-refractivity contribution in [1.82, 2.24) is 21.2 Å². The number of amides is 1. The van der Waals surface area contributed by atoms with Gasteiger partial charge in [-0.2, -0.15) is 0 Å². The van der Waals surface area contributed by atoms with Crippen molar-refractivity contribution in [1.29, 1.82) is 0 Å². The molecule has 3 aromatic rings. The Hall–Kier alpha value is -2.46. The molecule has 9 heteroatoms. The van der Waals surface area contributed by atoms with Crippen molar-refractivity contribution in [3.05, 3.63) is 64.2 Å². The molecule has 1 saturated heterocycles. The maximum Gasteiger partial charge on any atom is 0.223 e. The summed E-state index contributed by atoms with van der Waals surface area (Å²) in [4.78, 5) is 18.0. The van der Waals surface area contributed by atoms with E-state index in [4.69, 9.17) is 0 Å². The first-order chi connectivity index (χ1) is 18.3. The van der Waals surface area contributed by atoms with Gasteiger partial charge in [-0.1, -0.05) is 12.1 Å². The Morgan fingerprint density at radius 2 is 2.00 bits per heavy atom. The fourth-order valence-corrected chi connectivity index (χ4v) is 7.72. The van der Waals surface area contributed by atoms with Crippen LogP contribution in [-0.4, -0.2) is 33.7 Å². The van der Waals surface area contributed by atoms with Gasteiger partial charge < -0.3 is 10.4 Å². The number of carbonyl (C=O) groups is 1. The molecule has 4 unspecified atom stereocenters. The van der Waals surface area contributed by atoms with Crippen LogP contribution in [0.25, 0.3) is 10.2 Å². The van der Waals surface area contributed by atoms with E-state index in [-0.39, 0.29) is 35.9 Å². The topological polar surface area (TPSA) is 86.3 Å². The SMILES string of the molecule is Cc1nc2ccc(C3NNC4CCC(C(=O)N[C@@H]5CCC[C@](O)(Cc6c(F)cccc6F)C5)CC43)cc2s1. The number of fused-ring (bicyclic) bond motifs is 2. The van der Waals surface area contributed by atoms with Crippen LogP contribution < -0.4 is 16.2 Å². The van der Waals surface area contributed by atoms with E-state index in [1.165, 1.54) is 28.5 Å². The Morgan fingerprint density at radius 3 is 2.82 bits per heavy atom. The van der Waals surface area contributed by atoms with E-state index in [2.05, 4.69) is 39.4 Å². The van der Waals surface area contributed by atoms with Crippen LogP contribution in [0.15, 0.2) is 36.4 Å². The summed E-state index contributed by atoms with van der Waals surface area (Å²) >= 11 is 1.70. The smallest absolute Gasteiger partial charge is 0.223 e. The lowest BCUT2D eigenvalue weighted by Gasteiger charge is -2.39. The summed E-state index contributed by atoms with van der Waals surface area (Å²) < 4.78 is 29.6. The number of nitrogens with one attached hydrogen (secondary N) is 3. The summed E-state index contributed by atoms with van der Waals surface area (Å²) in [6, 6.07) is 10.4. The largest absolute Gasteiger partial charge is 0.389 e. The number of thiazole rings is 1. The first-order valence-corrected chi connectivity index (χ1v) is 14.4. The van der Waals surface area contributed by atoms with E-state index in [1.807, 2.05) is 6.92 Å². The first-order valence-electron chi connectivity index (χ1n) is 13.6. The number of aryl methyl sites for hydroxylation is 1. The number of benzene rings is 2. The standard InChI is InChI=1S/C29H34F2N4O2S/c1-16-32-25-10-7-17(13-26(25)38-16)27-20-12-18(8-9-24(20)34-35-27)28(36)33-19-4-3-11-29(37,14-19)15-21-22(30)5-2-6-23(21)31/h2,5-7,10,13,18-20,24,27,34-35,37H,3-4,8-9,11-12,14-15H2,1H3,(H,33,36)/t18?,19-,20?,24?,27?,29-/m1/s1. The summed E-state index contributed by atoms with van der Waals surface area (Å²) in [7, 11) is 0. The van der Waals surface area contributed by atoms with E-state index >= 15 is 0 Å². The molecule has 0 spiro atoms. The average molecular weight is 541 g/mol. The van der Waals surface area contributed by atoms with Crippen molar-refractivity contribution in [2.24, 2.45) is 11.8 Å². The predicted octanol–water partition coefficient (Wildman–Crippen LogP) is 4.85. The highest BCUT2D eigenvalue weighted by Gasteiger charge is 2.44. The molecule has 38 heavy (non-hydrogen) atoms. The number of nitrogens with zero attached hydrogens (tertiary/aromatic N) is 1. The number of aliphatic hydroxyl groups is 1. The van der Waals surface area contributed by atoms with E-state index < -0.39 is 17.2 Å². The van der Waals surface area contributed by atoms with Gasteiger partial charge in [-0.25, -0.2) is 19.2 Å². The summed E-state index contributed by atoms with van der Waals surface area (Å²) in [6.45, 7) is 2.02. The van der Waals surface area contributed by atoms with E-state index in [1.54, 1.807) is 11.3 Å². The van der Waals surface area contributed by atoms with Crippen molar-refractivity contribution in [3.63, 3.8) is 0 Å². The molecule has 0 radical (unpaired) electrons. The van der Waals surface area contributed by atoms with Crippen LogP contribution in [0.1, 0.15) is 67.1 Å². The zero-order valence-electron chi connectivity index (χ0n) is 21.5. The molecule has 6 nitrogen and oxygen atoms in total. The van der Waals surface area contributed by atoms with Crippen molar-refractivity contribution in [3.8, 4) is 0 Å². The number of aromatic nitrogens is 1. The summed E-state index contributed by atoms with van der Waals surface area (Å²) in [6.07, 6.45) is 4.61. The number of hydrogen-bond donors (Lipinski definition) is 4. The second-order valence-electron chi connectivity index (χ2n) is 11.4. The molecule has 1 aromatic heterocycles. The third-order valence-electron chi connectivity index (χ3n) is 8.74. The molecule has 4 N–H and O–H groups in total. The molecule has 0 bridgehead atoms. The summed E-state index contributed by atoms with van der Waals surface area (Å²) in [5.41, 5.74) is 7.84. The van der Waals surface area contributed by atoms with Gasteiger partial charge in [0, 0.05) is 30.0 Å². The average Bonchev–Trinajstić information content (AvgIpc) is 3.48. The van der Waals surface area contributed by atoms with Gasteiger partial charge in [0.25, 0.3) is 0 Å². The lowest BCUT2D eigenvalue weighted by atomic mass is 9.73. The minimum atomic E-state index is -1.24. The van der Waals surface area contributed by atoms with Crippen molar-refractivity contribution >= 4 is 27.5 Å². The lowest BCUT2D eigenvalue weighted by Crippen LogP contribution is -2.49. The molecule has 1 aliphatic heterocycles. The van der Waals surface area contributed by atoms with Crippen LogP contribution in [0.2, 0.25) is 0 Å². The molecular formula is C29H34F2N4O2S. The number of halogens is 2. The molecule has 3 fully saturated rings. The minimum Gasteiger partial charge on any atom is -0.389 e. The molecule has 2 saturated carbocycles. The van der Waals surface area contributed by atoms with E-state index in [9.17, 15) is 18.7 Å². The zero-order chi connectivity index (χ0) is 26.4. The van der Waals surface area contributed by atoms with Crippen molar-refractivity contribution < 1.29 is 18.7 Å². The van der Waals surface area contributed by atoms with Crippen LogP contribution in [0.5, 0.6) is 0 Å². The molecule has 2 heterocycles. The van der Waals surface area contributed by atoms with Gasteiger partial charge >= 0.3 is 0 Å². The van der Waals surface area contributed by atoms with Gasteiger partial charge in [0.2, 0.25) is 5.91 Å². The Bertz CT molecular complexity index is 1330. The number of hydrazine groups is 1. The fraction of sp³-hybridized carbons (Fsp3) is 0.517. The van der Waals surface area contributed by atoms with Crippen LogP contribution in [0.3, 0.4) is 0 Å². The van der Waals surface area contributed by atoms with Crippen molar-refractivity contribution in [2.75, 3.05) is 0 Å². The normalized spacial score (nSPS) is 31.3. The highest BCUT2D eigenvalue weighted by molar-refractivity contribution is 7.18. The van der Waals surface area contributed by atoms with Gasteiger partial charge in [-0.15, -0.1) is 11.3 Å². The third-order valence-corrected chi connectivity index (χ3v) is 9.67. The Balaban J connectivity index is 1.11. The van der Waals surface area contributed by atoms with Crippen molar-refractivity contribution in [2.45, 2.75) is 82.0 Å². The Labute approximate surface area is 225 Å². The Kier molecular flexibility index (Phi) is 6.97. The summed E-state index contributed by atoms with van der Waals surface area (Å²) in [5, 5.41) is 15.5. The molecule has 6 rings (SSSR count).